The molecule has 0 spiro atoms. The number of hydrogen-bond donors (Lipinski definition) is 0. The predicted molar refractivity (Wildman–Crippen MR) is 126 cm³/mol. The molecule has 0 radical (unpaired) electrons. The molecule has 3 aliphatic rings. The second kappa shape index (κ2) is 8.62. The van der Waals surface area contributed by atoms with Crippen LogP contribution in [0.25, 0.3) is 11.3 Å². The molecule has 1 aromatic carbocycles. The second-order valence-electron chi connectivity index (χ2n) is 10.9. The van der Waals surface area contributed by atoms with Crippen molar-refractivity contribution in [2.45, 2.75) is 77.6 Å². The Balaban J connectivity index is 1.25. The van der Waals surface area contributed by atoms with Gasteiger partial charge in [-0.25, -0.2) is 4.79 Å². The summed E-state index contributed by atoms with van der Waals surface area (Å²) in [5.74, 6) is 2.34. The average molecular weight is 473 g/mol. The number of ether oxygens (including phenoxy) is 2. The molecule has 0 bridgehead atoms. The smallest absolute Gasteiger partial charge is 0.410 e. The van der Waals surface area contributed by atoms with Gasteiger partial charge in [-0.3, -0.25) is 0 Å². The average Bonchev–Trinajstić information content (AvgIpc) is 3.18. The van der Waals surface area contributed by atoms with Gasteiger partial charge in [-0.2, -0.15) is 0 Å². The number of halogens is 1. The third kappa shape index (κ3) is 4.78. The number of nitrogens with zero attached hydrogens (tertiary/aromatic N) is 2. The van der Waals surface area contributed by atoms with E-state index in [1.54, 1.807) is 0 Å². The van der Waals surface area contributed by atoms with Gasteiger partial charge in [-0.15, -0.1) is 0 Å². The molecule has 0 N–H and O–H groups in total. The molecule has 33 heavy (non-hydrogen) atoms. The standard InChI is InChI=1S/C26H33ClN2O4/c1-15-6-5-7-21(27)22(15)23-20(24(33-28-23)16-8-9-16)14-31-19-10-17-12-29(13-18(17)11-19)25(30)32-26(2,3)4/h5-7,16-19H,8-14H2,1-4H3/t17-,18+,19?. The summed E-state index contributed by atoms with van der Waals surface area (Å²) >= 11 is 6.55. The van der Waals surface area contributed by atoms with Crippen molar-refractivity contribution >= 4 is 17.7 Å². The summed E-state index contributed by atoms with van der Waals surface area (Å²) in [6, 6.07) is 5.90. The van der Waals surface area contributed by atoms with E-state index in [4.69, 9.17) is 25.6 Å². The van der Waals surface area contributed by atoms with Crippen molar-refractivity contribution in [3.8, 4) is 11.3 Å². The lowest BCUT2D eigenvalue weighted by molar-refractivity contribution is 0.0203. The Morgan fingerprint density at radius 1 is 1.21 bits per heavy atom. The first kappa shape index (κ1) is 22.7. The van der Waals surface area contributed by atoms with E-state index in [0.717, 1.165) is 66.9 Å². The molecule has 2 heterocycles. The van der Waals surface area contributed by atoms with Crippen molar-refractivity contribution in [2.24, 2.45) is 11.8 Å². The maximum Gasteiger partial charge on any atom is 0.410 e. The quantitative estimate of drug-likeness (QED) is 0.507. The second-order valence-corrected chi connectivity index (χ2v) is 11.3. The number of carbonyl (C=O) groups is 1. The molecule has 3 fully saturated rings. The number of amides is 1. The fourth-order valence-corrected chi connectivity index (χ4v) is 5.62. The van der Waals surface area contributed by atoms with Crippen LogP contribution in [0.4, 0.5) is 4.79 Å². The van der Waals surface area contributed by atoms with E-state index in [0.29, 0.717) is 29.4 Å². The Kier molecular flexibility index (Phi) is 5.94. The maximum atomic E-state index is 12.4. The van der Waals surface area contributed by atoms with Crippen molar-refractivity contribution in [3.05, 3.63) is 40.1 Å². The molecule has 7 heteroatoms. The number of aryl methyl sites for hydroxylation is 1. The Hall–Kier alpha value is -2.05. The fourth-order valence-electron chi connectivity index (χ4n) is 5.31. The summed E-state index contributed by atoms with van der Waals surface area (Å²) in [7, 11) is 0. The van der Waals surface area contributed by atoms with Crippen molar-refractivity contribution in [2.75, 3.05) is 13.1 Å². The predicted octanol–water partition coefficient (Wildman–Crippen LogP) is 6.34. The van der Waals surface area contributed by atoms with Gasteiger partial charge in [0.1, 0.15) is 17.1 Å². The number of rotatable bonds is 5. The fraction of sp³-hybridized carbons (Fsp3) is 0.615. The minimum absolute atomic E-state index is 0.183. The highest BCUT2D eigenvalue weighted by molar-refractivity contribution is 6.33. The molecular weight excluding hydrogens is 440 g/mol. The third-order valence-electron chi connectivity index (χ3n) is 7.05. The molecule has 1 unspecified atom stereocenters. The third-order valence-corrected chi connectivity index (χ3v) is 7.36. The van der Waals surface area contributed by atoms with Crippen molar-refractivity contribution in [1.29, 1.82) is 0 Å². The summed E-state index contributed by atoms with van der Waals surface area (Å²) in [5.41, 5.74) is 3.41. The highest BCUT2D eigenvalue weighted by Gasteiger charge is 2.44. The molecule has 2 aromatic rings. The van der Waals surface area contributed by atoms with Gasteiger partial charge in [-0.05, 0) is 76.8 Å². The first-order valence-corrected chi connectivity index (χ1v) is 12.4. The zero-order valence-electron chi connectivity index (χ0n) is 19.9. The molecule has 2 aliphatic carbocycles. The molecule has 1 amide bonds. The molecule has 2 saturated carbocycles. The Bertz CT molecular complexity index is 1010. The van der Waals surface area contributed by atoms with Gasteiger partial charge in [0.25, 0.3) is 0 Å². The number of fused-ring (bicyclic) bond motifs is 1. The van der Waals surface area contributed by atoms with Gasteiger partial charge < -0.3 is 18.9 Å². The number of likely N-dealkylation sites (tertiary alicyclic amines) is 1. The van der Waals surface area contributed by atoms with E-state index in [-0.39, 0.29) is 12.2 Å². The molecule has 3 atom stereocenters. The first-order chi connectivity index (χ1) is 15.7. The lowest BCUT2D eigenvalue weighted by atomic mass is 10.0. The van der Waals surface area contributed by atoms with Crippen molar-refractivity contribution in [3.63, 3.8) is 0 Å². The summed E-state index contributed by atoms with van der Waals surface area (Å²) < 4.78 is 17.8. The SMILES string of the molecule is Cc1cccc(Cl)c1-c1noc(C2CC2)c1COC1C[C@@H]2CN(C(=O)OC(C)(C)C)C[C@@H]2C1. The normalized spacial score (nSPS) is 24.9. The molecule has 1 aliphatic heterocycles. The molecule has 1 aromatic heterocycles. The van der Waals surface area contributed by atoms with Gasteiger partial charge >= 0.3 is 6.09 Å². The summed E-state index contributed by atoms with van der Waals surface area (Å²) in [6.07, 6.45) is 4.19. The van der Waals surface area contributed by atoms with E-state index >= 15 is 0 Å². The lowest BCUT2D eigenvalue weighted by Gasteiger charge is -2.25. The van der Waals surface area contributed by atoms with Gasteiger partial charge in [0.2, 0.25) is 0 Å². The molecule has 5 rings (SSSR count). The van der Waals surface area contributed by atoms with E-state index in [1.165, 1.54) is 0 Å². The van der Waals surface area contributed by atoms with Gasteiger partial charge in [0.05, 0.1) is 17.7 Å². The molecular formula is C26H33ClN2O4. The monoisotopic (exact) mass is 472 g/mol. The Labute approximate surface area is 200 Å². The minimum Gasteiger partial charge on any atom is -0.444 e. The maximum absolute atomic E-state index is 12.4. The van der Waals surface area contributed by atoms with Gasteiger partial charge in [0.15, 0.2) is 0 Å². The van der Waals surface area contributed by atoms with Crippen LogP contribution < -0.4 is 0 Å². The Morgan fingerprint density at radius 2 is 1.91 bits per heavy atom. The number of benzene rings is 1. The van der Waals surface area contributed by atoms with Crippen LogP contribution in [0.2, 0.25) is 5.02 Å². The highest BCUT2D eigenvalue weighted by Crippen LogP contribution is 2.46. The molecule has 6 nitrogen and oxygen atoms in total. The lowest BCUT2D eigenvalue weighted by Crippen LogP contribution is -2.36. The van der Waals surface area contributed by atoms with E-state index < -0.39 is 5.60 Å². The van der Waals surface area contributed by atoms with Crippen LogP contribution in [-0.4, -0.2) is 40.9 Å². The Morgan fingerprint density at radius 3 is 2.52 bits per heavy atom. The van der Waals surface area contributed by atoms with Crippen LogP contribution in [0.15, 0.2) is 22.7 Å². The zero-order valence-corrected chi connectivity index (χ0v) is 20.7. The number of hydrogen-bond acceptors (Lipinski definition) is 5. The van der Waals surface area contributed by atoms with Crippen LogP contribution in [0.1, 0.15) is 69.3 Å². The van der Waals surface area contributed by atoms with Gasteiger partial charge in [0, 0.05) is 30.1 Å². The summed E-state index contributed by atoms with van der Waals surface area (Å²) in [6.45, 7) is 9.76. The van der Waals surface area contributed by atoms with Crippen LogP contribution in [0.5, 0.6) is 0 Å². The molecule has 178 valence electrons. The van der Waals surface area contributed by atoms with Crippen LogP contribution in [0.3, 0.4) is 0 Å². The summed E-state index contributed by atoms with van der Waals surface area (Å²) in [4.78, 5) is 14.3. The number of aromatic nitrogens is 1. The topological polar surface area (TPSA) is 64.8 Å². The van der Waals surface area contributed by atoms with E-state index in [9.17, 15) is 4.79 Å². The van der Waals surface area contributed by atoms with Crippen LogP contribution >= 0.6 is 11.6 Å². The zero-order chi connectivity index (χ0) is 23.3. The van der Waals surface area contributed by atoms with E-state index in [1.807, 2.05) is 50.8 Å². The first-order valence-electron chi connectivity index (χ1n) is 12.0. The molecule has 1 saturated heterocycles. The van der Waals surface area contributed by atoms with Crippen LogP contribution in [-0.2, 0) is 16.1 Å². The van der Waals surface area contributed by atoms with Gasteiger partial charge in [-0.1, -0.05) is 28.9 Å². The largest absolute Gasteiger partial charge is 0.444 e. The summed E-state index contributed by atoms with van der Waals surface area (Å²) in [5, 5.41) is 5.12. The minimum atomic E-state index is -0.462. The highest BCUT2D eigenvalue weighted by atomic mass is 35.5. The van der Waals surface area contributed by atoms with Crippen molar-refractivity contribution in [1.82, 2.24) is 10.1 Å². The van der Waals surface area contributed by atoms with Crippen LogP contribution in [0, 0.1) is 18.8 Å². The van der Waals surface area contributed by atoms with Crippen molar-refractivity contribution < 1.29 is 18.8 Å². The van der Waals surface area contributed by atoms with E-state index in [2.05, 4.69) is 5.16 Å². The number of carbonyl (C=O) groups excluding carboxylic acids is 1.